The first kappa shape index (κ1) is 18.3. The molecule has 19 heavy (non-hydrogen) atoms. The Kier molecular flexibility index (Phi) is 13.2. The summed E-state index contributed by atoms with van der Waals surface area (Å²) in [7, 11) is 0. The van der Waals surface area contributed by atoms with Crippen LogP contribution in [0, 0.1) is 0 Å². The molecule has 1 aromatic rings. The quantitative estimate of drug-likeness (QED) is 0.470. The SMILES string of the molecule is CCCCCCCCCC[NH2+]Oc1ccccc1.[Cl-]. The van der Waals surface area contributed by atoms with Crippen LogP contribution in [0.5, 0.6) is 5.75 Å². The van der Waals surface area contributed by atoms with Gasteiger partial charge in [0.1, 0.15) is 6.54 Å². The first-order valence-electron chi connectivity index (χ1n) is 7.47. The zero-order valence-electron chi connectivity index (χ0n) is 12.1. The fraction of sp³-hybridized carbons (Fsp3) is 0.625. The van der Waals surface area contributed by atoms with Crippen LogP contribution in [0.1, 0.15) is 58.3 Å². The van der Waals surface area contributed by atoms with Gasteiger partial charge in [-0.25, -0.2) is 0 Å². The van der Waals surface area contributed by atoms with Crippen LogP contribution >= 0.6 is 0 Å². The Hall–Kier alpha value is -0.730. The van der Waals surface area contributed by atoms with Crippen molar-refractivity contribution in [2.75, 3.05) is 6.54 Å². The number of hydrogen-bond donors (Lipinski definition) is 1. The van der Waals surface area contributed by atoms with Crippen molar-refractivity contribution in [2.24, 2.45) is 0 Å². The molecule has 2 nitrogen and oxygen atoms in total. The highest BCUT2D eigenvalue weighted by Crippen LogP contribution is 2.07. The van der Waals surface area contributed by atoms with Crippen LogP contribution < -0.4 is 22.7 Å². The molecule has 3 heteroatoms. The molecule has 2 N–H and O–H groups in total. The van der Waals surface area contributed by atoms with Gasteiger partial charge in [0.25, 0.3) is 0 Å². The zero-order chi connectivity index (χ0) is 12.9. The van der Waals surface area contributed by atoms with Crippen molar-refractivity contribution in [3.8, 4) is 5.75 Å². The molecule has 0 fully saturated rings. The van der Waals surface area contributed by atoms with Crippen LogP contribution in [0.2, 0.25) is 0 Å². The van der Waals surface area contributed by atoms with Crippen LogP contribution in [0.4, 0.5) is 0 Å². The first-order valence-corrected chi connectivity index (χ1v) is 7.47. The van der Waals surface area contributed by atoms with Gasteiger partial charge in [-0.3, -0.25) is 0 Å². The summed E-state index contributed by atoms with van der Waals surface area (Å²) >= 11 is 0. The van der Waals surface area contributed by atoms with Gasteiger partial charge in [-0.1, -0.05) is 63.6 Å². The van der Waals surface area contributed by atoms with Crippen molar-refractivity contribution in [3.63, 3.8) is 0 Å². The van der Waals surface area contributed by atoms with E-state index in [1.54, 1.807) is 0 Å². The summed E-state index contributed by atoms with van der Waals surface area (Å²) in [6, 6.07) is 9.98. The number of para-hydroxylation sites is 1. The Bertz CT molecular complexity index is 279. The monoisotopic (exact) mass is 285 g/mol. The van der Waals surface area contributed by atoms with Gasteiger partial charge >= 0.3 is 0 Å². The molecule has 1 aromatic carbocycles. The van der Waals surface area contributed by atoms with E-state index in [0.29, 0.717) is 0 Å². The second-order valence-electron chi connectivity index (χ2n) is 4.86. The lowest BCUT2D eigenvalue weighted by molar-refractivity contribution is -0.857. The Morgan fingerprint density at radius 2 is 1.42 bits per heavy atom. The highest BCUT2D eigenvalue weighted by atomic mass is 35.5. The molecule has 0 aliphatic heterocycles. The number of hydroxylamine groups is 1. The lowest BCUT2D eigenvalue weighted by atomic mass is 10.1. The molecule has 0 aromatic heterocycles. The molecule has 0 saturated heterocycles. The molecule has 1 rings (SSSR count). The topological polar surface area (TPSA) is 25.8 Å². The van der Waals surface area contributed by atoms with E-state index in [4.69, 9.17) is 4.84 Å². The van der Waals surface area contributed by atoms with Crippen LogP contribution in [0.15, 0.2) is 30.3 Å². The molecule has 0 aliphatic carbocycles. The van der Waals surface area contributed by atoms with Crippen molar-refractivity contribution in [3.05, 3.63) is 30.3 Å². The molecule has 0 aliphatic rings. The summed E-state index contributed by atoms with van der Waals surface area (Å²) in [5.74, 6) is 0.942. The summed E-state index contributed by atoms with van der Waals surface area (Å²) in [5, 5.41) is 0. The predicted molar refractivity (Wildman–Crippen MR) is 76.5 cm³/mol. The molecular weight excluding hydrogens is 258 g/mol. The maximum absolute atomic E-state index is 5.54. The van der Waals surface area contributed by atoms with Gasteiger partial charge in [-0.15, -0.1) is 0 Å². The van der Waals surface area contributed by atoms with Crippen LogP contribution in [-0.2, 0) is 0 Å². The highest BCUT2D eigenvalue weighted by Gasteiger charge is 1.95. The van der Waals surface area contributed by atoms with E-state index in [9.17, 15) is 0 Å². The van der Waals surface area contributed by atoms with Crippen molar-refractivity contribution >= 4 is 0 Å². The minimum Gasteiger partial charge on any atom is -1.00 e. The third-order valence-electron chi connectivity index (χ3n) is 3.14. The Labute approximate surface area is 124 Å². The average molecular weight is 286 g/mol. The number of hydrogen-bond acceptors (Lipinski definition) is 1. The number of unbranched alkanes of at least 4 members (excludes halogenated alkanes) is 7. The number of rotatable bonds is 11. The Morgan fingerprint density at radius 1 is 0.842 bits per heavy atom. The molecule has 0 radical (unpaired) electrons. The lowest BCUT2D eigenvalue weighted by Gasteiger charge is -2.03. The summed E-state index contributed by atoms with van der Waals surface area (Å²) in [6.07, 6.45) is 10.9. The number of quaternary nitrogens is 1. The van der Waals surface area contributed by atoms with Gasteiger partial charge in [0.2, 0.25) is 0 Å². The maximum atomic E-state index is 5.54. The van der Waals surface area contributed by atoms with Crippen LogP contribution in [-0.4, -0.2) is 6.54 Å². The summed E-state index contributed by atoms with van der Waals surface area (Å²) in [4.78, 5) is 5.54. The first-order chi connectivity index (χ1) is 8.93. The van der Waals surface area contributed by atoms with Crippen LogP contribution in [0.25, 0.3) is 0 Å². The van der Waals surface area contributed by atoms with Crippen molar-refractivity contribution in [2.45, 2.75) is 58.3 Å². The van der Waals surface area contributed by atoms with E-state index in [-0.39, 0.29) is 12.4 Å². The largest absolute Gasteiger partial charge is 1.00 e. The molecule has 0 atom stereocenters. The molecular formula is C16H28ClNO. The summed E-state index contributed by atoms with van der Waals surface area (Å²) in [5.41, 5.74) is 1.94. The average Bonchev–Trinajstić information content (AvgIpc) is 2.42. The van der Waals surface area contributed by atoms with E-state index in [2.05, 4.69) is 6.92 Å². The second-order valence-corrected chi connectivity index (χ2v) is 4.86. The number of nitrogens with two attached hydrogens (primary N) is 1. The zero-order valence-corrected chi connectivity index (χ0v) is 12.9. The fourth-order valence-corrected chi connectivity index (χ4v) is 2.02. The van der Waals surface area contributed by atoms with Gasteiger partial charge in [0, 0.05) is 6.42 Å². The number of halogens is 1. The van der Waals surface area contributed by atoms with Crippen molar-refractivity contribution in [1.82, 2.24) is 0 Å². The smallest absolute Gasteiger partial charge is 0.189 e. The summed E-state index contributed by atoms with van der Waals surface area (Å²) < 4.78 is 0. The molecule has 110 valence electrons. The maximum Gasteiger partial charge on any atom is 0.189 e. The summed E-state index contributed by atoms with van der Waals surface area (Å²) in [6.45, 7) is 3.33. The van der Waals surface area contributed by atoms with Gasteiger partial charge in [0.05, 0.1) is 0 Å². The molecule has 0 amide bonds. The van der Waals surface area contributed by atoms with E-state index in [1.807, 2.05) is 35.8 Å². The molecule has 0 spiro atoms. The molecule has 0 unspecified atom stereocenters. The Balaban J connectivity index is 0.00000324. The Morgan fingerprint density at radius 3 is 2.05 bits per heavy atom. The van der Waals surface area contributed by atoms with E-state index < -0.39 is 0 Å². The minimum absolute atomic E-state index is 0. The molecule has 0 bridgehead atoms. The normalized spacial score (nSPS) is 9.95. The molecule has 0 saturated carbocycles. The second kappa shape index (κ2) is 13.7. The van der Waals surface area contributed by atoms with Gasteiger partial charge in [0.15, 0.2) is 5.75 Å². The van der Waals surface area contributed by atoms with Gasteiger partial charge < -0.3 is 17.2 Å². The van der Waals surface area contributed by atoms with E-state index >= 15 is 0 Å². The number of benzene rings is 1. The van der Waals surface area contributed by atoms with Gasteiger partial charge in [-0.2, -0.15) is 5.48 Å². The van der Waals surface area contributed by atoms with Crippen molar-refractivity contribution < 1.29 is 22.7 Å². The van der Waals surface area contributed by atoms with Crippen molar-refractivity contribution in [1.29, 1.82) is 0 Å². The molecule has 0 heterocycles. The fourth-order valence-electron chi connectivity index (χ4n) is 2.02. The third-order valence-corrected chi connectivity index (χ3v) is 3.14. The lowest BCUT2D eigenvalue weighted by Crippen LogP contribution is -3.00. The highest BCUT2D eigenvalue weighted by molar-refractivity contribution is 5.19. The predicted octanol–water partition coefficient (Wildman–Crippen LogP) is 0.689. The van der Waals surface area contributed by atoms with Crippen LogP contribution in [0.3, 0.4) is 0 Å². The minimum atomic E-state index is 0. The van der Waals surface area contributed by atoms with E-state index in [0.717, 1.165) is 12.3 Å². The third kappa shape index (κ3) is 10.8. The van der Waals surface area contributed by atoms with E-state index in [1.165, 1.54) is 51.4 Å². The van der Waals surface area contributed by atoms with Gasteiger partial charge in [-0.05, 0) is 18.6 Å². The standard InChI is InChI=1S/C16H27NO.ClH/c1-2-3-4-5-6-7-8-12-15-17-18-16-13-10-9-11-14-16;/h9-11,13-14,17H,2-8,12,15H2,1H3;1H.